The van der Waals surface area contributed by atoms with Gasteiger partial charge in [-0.1, -0.05) is 37.1 Å². The highest BCUT2D eigenvalue weighted by molar-refractivity contribution is 6.28. The van der Waals surface area contributed by atoms with Crippen LogP contribution in [0.3, 0.4) is 0 Å². The molecule has 0 bridgehead atoms. The van der Waals surface area contributed by atoms with E-state index in [1.807, 2.05) is 38.1 Å². The van der Waals surface area contributed by atoms with Crippen molar-refractivity contribution in [2.45, 2.75) is 90.1 Å². The van der Waals surface area contributed by atoms with Gasteiger partial charge in [-0.3, -0.25) is 4.79 Å². The molecule has 3 saturated carbocycles. The Bertz CT molecular complexity index is 1170. The average molecular weight is 488 g/mol. The summed E-state index contributed by atoms with van der Waals surface area (Å²) in [5, 5.41) is 8.93. The molecule has 0 spiro atoms. The van der Waals surface area contributed by atoms with Crippen LogP contribution in [-0.2, 0) is 4.79 Å². The number of hydrogen-bond acceptors (Lipinski definition) is 3. The number of nitrogens with one attached hydrogen (secondary N) is 1. The third-order valence-corrected chi connectivity index (χ3v) is 8.69. The molecule has 1 unspecified atom stereocenters. The van der Waals surface area contributed by atoms with Crippen molar-refractivity contribution in [1.29, 1.82) is 5.41 Å². The lowest BCUT2D eigenvalue weighted by Crippen LogP contribution is -2.31. The first-order valence-corrected chi connectivity index (χ1v) is 13.9. The van der Waals surface area contributed by atoms with Crippen LogP contribution < -0.4 is 4.74 Å². The standard InChI is InChI=1S/C32H38FNO2/c1-3-25(31(34)20(2)32(35)22-11-7-12-22)23-17-18-29(36-24-13-4-5-14-24)27(19-23)26-15-8-16-28(33)30(26)21-9-6-10-21/h3,8,15-22,24,34H,4-7,9-14H2,1-2H3/b25-3-,34-31?. The number of ketones is 1. The van der Waals surface area contributed by atoms with Crippen LogP contribution in [0.25, 0.3) is 16.7 Å². The van der Waals surface area contributed by atoms with Gasteiger partial charge in [-0.2, -0.15) is 0 Å². The normalized spacial score (nSPS) is 20.0. The summed E-state index contributed by atoms with van der Waals surface area (Å²) in [6.45, 7) is 3.79. The summed E-state index contributed by atoms with van der Waals surface area (Å²) in [4.78, 5) is 12.9. The molecule has 0 aromatic heterocycles. The molecule has 2 aromatic rings. The summed E-state index contributed by atoms with van der Waals surface area (Å²) in [6.07, 6.45) is 12.7. The van der Waals surface area contributed by atoms with Crippen LogP contribution >= 0.6 is 0 Å². The minimum Gasteiger partial charge on any atom is -0.490 e. The summed E-state index contributed by atoms with van der Waals surface area (Å²) in [5.74, 6) is 0.742. The number of carbonyl (C=O) groups is 1. The Kier molecular flexibility index (Phi) is 7.41. The first kappa shape index (κ1) is 24.9. The van der Waals surface area contributed by atoms with Gasteiger partial charge < -0.3 is 10.1 Å². The number of rotatable bonds is 9. The third kappa shape index (κ3) is 4.79. The van der Waals surface area contributed by atoms with Crippen LogP contribution in [0.2, 0.25) is 0 Å². The summed E-state index contributed by atoms with van der Waals surface area (Å²) < 4.78 is 21.7. The number of ether oxygens (including phenoxy) is 1. The number of halogens is 1. The number of carbonyl (C=O) groups excluding carboxylic acids is 1. The Labute approximate surface area is 214 Å². The van der Waals surface area contributed by atoms with Gasteiger partial charge in [0.25, 0.3) is 0 Å². The SMILES string of the molecule is C/C=C(\C(=N)C(C)C(=O)C1CCC1)c1ccc(OC2CCCC2)c(-c2cccc(F)c2C2CCC2)c1. The molecule has 36 heavy (non-hydrogen) atoms. The molecule has 1 atom stereocenters. The predicted molar refractivity (Wildman–Crippen MR) is 144 cm³/mol. The van der Waals surface area contributed by atoms with E-state index in [1.165, 1.54) is 12.8 Å². The van der Waals surface area contributed by atoms with Gasteiger partial charge in [-0.05, 0) is 112 Å². The molecule has 0 amide bonds. The van der Waals surface area contributed by atoms with E-state index in [9.17, 15) is 4.79 Å². The van der Waals surface area contributed by atoms with Crippen LogP contribution in [0.5, 0.6) is 5.75 Å². The Morgan fingerprint density at radius 2 is 1.72 bits per heavy atom. The highest BCUT2D eigenvalue weighted by Gasteiger charge is 2.32. The Hall–Kier alpha value is -2.75. The van der Waals surface area contributed by atoms with Crippen molar-refractivity contribution in [2.75, 3.05) is 0 Å². The zero-order valence-electron chi connectivity index (χ0n) is 21.6. The quantitative estimate of drug-likeness (QED) is 0.360. The second kappa shape index (κ2) is 10.7. The van der Waals surface area contributed by atoms with Crippen LogP contribution in [-0.4, -0.2) is 17.6 Å². The molecular formula is C32H38FNO2. The summed E-state index contributed by atoms with van der Waals surface area (Å²) in [6, 6.07) is 11.4. The zero-order valence-corrected chi connectivity index (χ0v) is 21.6. The van der Waals surface area contributed by atoms with E-state index in [0.29, 0.717) is 5.71 Å². The largest absolute Gasteiger partial charge is 0.490 e. The van der Waals surface area contributed by atoms with E-state index in [-0.39, 0.29) is 29.5 Å². The maximum atomic E-state index is 15.2. The van der Waals surface area contributed by atoms with Gasteiger partial charge in [-0.25, -0.2) is 4.39 Å². The fraction of sp³-hybridized carbons (Fsp3) is 0.500. The van der Waals surface area contributed by atoms with Crippen molar-refractivity contribution < 1.29 is 13.9 Å². The molecule has 3 aliphatic carbocycles. The summed E-state index contributed by atoms with van der Waals surface area (Å²) in [5.41, 5.74) is 4.60. The second-order valence-corrected chi connectivity index (χ2v) is 10.9. The maximum absolute atomic E-state index is 15.2. The summed E-state index contributed by atoms with van der Waals surface area (Å²) in [7, 11) is 0. The third-order valence-electron chi connectivity index (χ3n) is 8.69. The molecule has 0 heterocycles. The Morgan fingerprint density at radius 1 is 1.00 bits per heavy atom. The van der Waals surface area contributed by atoms with Crippen LogP contribution in [0, 0.1) is 23.1 Å². The molecule has 0 saturated heterocycles. The van der Waals surface area contributed by atoms with Gasteiger partial charge in [-0.15, -0.1) is 0 Å². The number of Topliss-reactive ketones (excluding diaryl/α,β-unsaturated/α-hetero) is 1. The molecule has 2 aromatic carbocycles. The summed E-state index contributed by atoms with van der Waals surface area (Å²) >= 11 is 0. The van der Waals surface area contributed by atoms with Gasteiger partial charge in [0.05, 0.1) is 12.0 Å². The second-order valence-electron chi connectivity index (χ2n) is 10.9. The highest BCUT2D eigenvalue weighted by Crippen LogP contribution is 2.45. The molecule has 3 nitrogen and oxygen atoms in total. The van der Waals surface area contributed by atoms with E-state index in [1.54, 1.807) is 12.1 Å². The van der Waals surface area contributed by atoms with Crippen molar-refractivity contribution in [3.63, 3.8) is 0 Å². The van der Waals surface area contributed by atoms with Gasteiger partial charge in [0.1, 0.15) is 17.3 Å². The fourth-order valence-corrected chi connectivity index (χ4v) is 5.98. The van der Waals surface area contributed by atoms with E-state index < -0.39 is 5.92 Å². The van der Waals surface area contributed by atoms with Gasteiger partial charge >= 0.3 is 0 Å². The van der Waals surface area contributed by atoms with Crippen LogP contribution in [0.15, 0.2) is 42.5 Å². The van der Waals surface area contributed by atoms with Crippen molar-refractivity contribution in [1.82, 2.24) is 0 Å². The maximum Gasteiger partial charge on any atom is 0.144 e. The first-order chi connectivity index (χ1) is 17.5. The van der Waals surface area contributed by atoms with E-state index >= 15 is 4.39 Å². The minimum absolute atomic E-state index is 0.105. The lowest BCUT2D eigenvalue weighted by Gasteiger charge is -2.29. The van der Waals surface area contributed by atoms with Crippen LogP contribution in [0.1, 0.15) is 95.1 Å². The average Bonchev–Trinajstić information content (AvgIpc) is 3.32. The number of benzene rings is 2. The van der Waals surface area contributed by atoms with Crippen LogP contribution in [0.4, 0.5) is 4.39 Å². The molecule has 0 radical (unpaired) electrons. The number of hydrogen-bond donors (Lipinski definition) is 1. The molecular weight excluding hydrogens is 449 g/mol. The topological polar surface area (TPSA) is 50.2 Å². The van der Waals surface area contributed by atoms with Gasteiger partial charge in [0, 0.05) is 17.2 Å². The molecule has 190 valence electrons. The van der Waals surface area contributed by atoms with Crippen molar-refractivity contribution in [3.05, 3.63) is 59.4 Å². The number of allylic oxidation sites excluding steroid dienone is 2. The van der Waals surface area contributed by atoms with Gasteiger partial charge in [0.2, 0.25) is 0 Å². The van der Waals surface area contributed by atoms with E-state index in [2.05, 4.69) is 6.07 Å². The van der Waals surface area contributed by atoms with Crippen molar-refractivity contribution in [2.24, 2.45) is 11.8 Å². The molecule has 5 rings (SSSR count). The Balaban J connectivity index is 1.54. The van der Waals surface area contributed by atoms with E-state index in [4.69, 9.17) is 10.1 Å². The highest BCUT2D eigenvalue weighted by atomic mass is 19.1. The molecule has 1 N–H and O–H groups in total. The zero-order chi connectivity index (χ0) is 25.2. The molecule has 3 fully saturated rings. The molecule has 3 aliphatic rings. The lowest BCUT2D eigenvalue weighted by molar-refractivity contribution is -0.126. The Morgan fingerprint density at radius 3 is 2.33 bits per heavy atom. The minimum atomic E-state index is -0.431. The van der Waals surface area contributed by atoms with Crippen molar-refractivity contribution >= 4 is 17.1 Å². The fourth-order valence-electron chi connectivity index (χ4n) is 5.98. The molecule has 0 aliphatic heterocycles. The monoisotopic (exact) mass is 487 g/mol. The smallest absolute Gasteiger partial charge is 0.144 e. The predicted octanol–water partition coefficient (Wildman–Crippen LogP) is 8.51. The lowest BCUT2D eigenvalue weighted by atomic mass is 9.75. The van der Waals surface area contributed by atoms with Gasteiger partial charge in [0.15, 0.2) is 0 Å². The van der Waals surface area contributed by atoms with E-state index in [0.717, 1.165) is 84.9 Å². The first-order valence-electron chi connectivity index (χ1n) is 13.9. The molecule has 4 heteroatoms. The van der Waals surface area contributed by atoms with Crippen molar-refractivity contribution in [3.8, 4) is 16.9 Å².